The number of unbranched alkanes of at least 4 members (excludes halogenated alkanes) is 1. The SMILES string of the molecule is CC1CN(Cc2ccccc2)CCN1.CCOC(=O)CCCCN.N=C(N)c1ccc(Cc2cccc(O)c2)cc1. The summed E-state index contributed by atoms with van der Waals surface area (Å²) < 4.78 is 4.71. The van der Waals surface area contributed by atoms with Crippen molar-refractivity contribution in [2.24, 2.45) is 11.5 Å². The van der Waals surface area contributed by atoms with Gasteiger partial charge in [-0.1, -0.05) is 66.7 Å². The lowest BCUT2D eigenvalue weighted by Crippen LogP contribution is -2.48. The highest BCUT2D eigenvalue weighted by molar-refractivity contribution is 5.94. The maximum absolute atomic E-state index is 10.7. The third kappa shape index (κ3) is 14.5. The van der Waals surface area contributed by atoms with Crippen LogP contribution in [0.15, 0.2) is 78.9 Å². The molecular weight excluding hydrogens is 514 g/mol. The molecule has 0 amide bonds. The van der Waals surface area contributed by atoms with E-state index in [9.17, 15) is 9.90 Å². The number of rotatable bonds is 10. The minimum atomic E-state index is -0.115. The molecule has 1 aliphatic rings. The third-order valence-electron chi connectivity index (χ3n) is 6.43. The maximum Gasteiger partial charge on any atom is 0.305 e. The van der Waals surface area contributed by atoms with E-state index < -0.39 is 0 Å². The Morgan fingerprint density at radius 1 is 1.02 bits per heavy atom. The van der Waals surface area contributed by atoms with Crippen LogP contribution in [0.4, 0.5) is 0 Å². The lowest BCUT2D eigenvalue weighted by Gasteiger charge is -2.31. The smallest absolute Gasteiger partial charge is 0.305 e. The summed E-state index contributed by atoms with van der Waals surface area (Å²) in [6.07, 6.45) is 3.01. The molecule has 4 rings (SSSR count). The van der Waals surface area contributed by atoms with Gasteiger partial charge in [-0.05, 0) is 68.5 Å². The third-order valence-corrected chi connectivity index (χ3v) is 6.43. The van der Waals surface area contributed by atoms with Crippen LogP contribution in [0.25, 0.3) is 0 Å². The summed E-state index contributed by atoms with van der Waals surface area (Å²) >= 11 is 0. The fourth-order valence-electron chi connectivity index (χ4n) is 4.35. The van der Waals surface area contributed by atoms with Crippen molar-refractivity contribution < 1.29 is 14.6 Å². The molecule has 1 saturated heterocycles. The van der Waals surface area contributed by atoms with E-state index in [1.165, 1.54) is 12.1 Å². The fourth-order valence-corrected chi connectivity index (χ4v) is 4.35. The Hall–Kier alpha value is -3.72. The number of nitrogens with one attached hydrogen (secondary N) is 2. The largest absolute Gasteiger partial charge is 0.508 e. The van der Waals surface area contributed by atoms with Crippen molar-refractivity contribution in [2.45, 2.75) is 52.1 Å². The summed E-state index contributed by atoms with van der Waals surface area (Å²) in [6, 6.07) is 26.1. The number of nitrogen functional groups attached to an aromatic ring is 1. The Morgan fingerprint density at radius 2 is 1.73 bits per heavy atom. The molecule has 0 aliphatic carbocycles. The number of phenolic OH excluding ortho intramolecular Hbond substituents is 1. The van der Waals surface area contributed by atoms with Crippen LogP contribution < -0.4 is 16.8 Å². The number of nitrogens with two attached hydrogens (primary N) is 2. The van der Waals surface area contributed by atoms with Crippen molar-refractivity contribution >= 4 is 11.8 Å². The monoisotopic (exact) mass is 561 g/mol. The zero-order valence-corrected chi connectivity index (χ0v) is 24.5. The van der Waals surface area contributed by atoms with Gasteiger partial charge in [-0.25, -0.2) is 0 Å². The minimum Gasteiger partial charge on any atom is -0.508 e. The molecule has 1 aliphatic heterocycles. The van der Waals surface area contributed by atoms with Crippen LogP contribution in [0.2, 0.25) is 0 Å². The Labute approximate surface area is 245 Å². The predicted octanol–water partition coefficient (Wildman–Crippen LogP) is 4.43. The lowest BCUT2D eigenvalue weighted by atomic mass is 10.0. The highest BCUT2D eigenvalue weighted by Crippen LogP contribution is 2.15. The molecule has 0 spiro atoms. The second kappa shape index (κ2) is 19.4. The normalized spacial score (nSPS) is 14.6. The Balaban J connectivity index is 0.000000223. The first-order valence-corrected chi connectivity index (χ1v) is 14.4. The number of hydrogen-bond donors (Lipinski definition) is 5. The Bertz CT molecular complexity index is 1160. The van der Waals surface area contributed by atoms with Crippen LogP contribution in [-0.4, -0.2) is 60.6 Å². The first kappa shape index (κ1) is 33.5. The summed E-state index contributed by atoms with van der Waals surface area (Å²) in [5, 5.41) is 20.1. The van der Waals surface area contributed by atoms with E-state index in [0.29, 0.717) is 25.6 Å². The van der Waals surface area contributed by atoms with Gasteiger partial charge in [0.1, 0.15) is 11.6 Å². The van der Waals surface area contributed by atoms with E-state index in [1.807, 2.05) is 36.4 Å². The van der Waals surface area contributed by atoms with Gasteiger partial charge in [-0.15, -0.1) is 0 Å². The molecule has 1 fully saturated rings. The molecule has 3 aromatic rings. The van der Waals surface area contributed by atoms with Crippen LogP contribution in [-0.2, 0) is 22.5 Å². The Morgan fingerprint density at radius 3 is 2.34 bits per heavy atom. The summed E-state index contributed by atoms with van der Waals surface area (Å²) in [5.41, 5.74) is 14.9. The molecule has 1 unspecified atom stereocenters. The standard InChI is InChI=1S/C14H14N2O.C12H18N2.C7H15NO2/c15-14(16)12-6-4-10(5-7-12)8-11-2-1-3-13(17)9-11;1-11-9-14(8-7-13-11)10-12-5-3-2-4-6-12;1-2-10-7(9)5-3-4-6-8/h1-7,9,17H,8H2,(H3,15,16);2-6,11,13H,7-10H2,1H3;2-6,8H2,1H3. The van der Waals surface area contributed by atoms with E-state index >= 15 is 0 Å². The molecule has 7 N–H and O–H groups in total. The van der Waals surface area contributed by atoms with Crippen LogP contribution in [0.3, 0.4) is 0 Å². The minimum absolute atomic E-state index is 0.0777. The number of benzene rings is 3. The lowest BCUT2D eigenvalue weighted by molar-refractivity contribution is -0.143. The Kier molecular flexibility index (Phi) is 15.8. The summed E-state index contributed by atoms with van der Waals surface area (Å²) in [4.78, 5) is 13.2. The zero-order valence-electron chi connectivity index (χ0n) is 24.5. The summed E-state index contributed by atoms with van der Waals surface area (Å²) in [6.45, 7) is 9.72. The average Bonchev–Trinajstić information content (AvgIpc) is 2.95. The molecule has 3 aromatic carbocycles. The number of hydrogen-bond acceptors (Lipinski definition) is 7. The van der Waals surface area contributed by atoms with Crippen molar-refractivity contribution in [1.29, 1.82) is 5.41 Å². The van der Waals surface area contributed by atoms with E-state index in [1.54, 1.807) is 19.1 Å². The maximum atomic E-state index is 10.7. The molecule has 8 nitrogen and oxygen atoms in total. The molecular formula is C33H47N5O3. The van der Waals surface area contributed by atoms with Gasteiger partial charge < -0.3 is 26.6 Å². The van der Waals surface area contributed by atoms with Crippen molar-refractivity contribution in [2.75, 3.05) is 32.8 Å². The number of nitrogens with zero attached hydrogens (tertiary/aromatic N) is 1. The number of phenols is 1. The fraction of sp³-hybridized carbons (Fsp3) is 0.394. The molecule has 0 bridgehead atoms. The van der Waals surface area contributed by atoms with Crippen LogP contribution in [0.1, 0.15) is 55.4 Å². The quantitative estimate of drug-likeness (QED) is 0.107. The van der Waals surface area contributed by atoms with Crippen molar-refractivity contribution in [3.8, 4) is 5.75 Å². The first-order valence-electron chi connectivity index (χ1n) is 14.4. The number of amidine groups is 1. The van der Waals surface area contributed by atoms with E-state index in [0.717, 1.165) is 55.6 Å². The zero-order chi connectivity index (χ0) is 29.9. The predicted molar refractivity (Wildman–Crippen MR) is 167 cm³/mol. The van der Waals surface area contributed by atoms with Crippen molar-refractivity contribution in [3.63, 3.8) is 0 Å². The first-order chi connectivity index (χ1) is 19.8. The van der Waals surface area contributed by atoms with Gasteiger partial charge in [-0.3, -0.25) is 15.1 Å². The van der Waals surface area contributed by atoms with Crippen molar-refractivity contribution in [1.82, 2.24) is 10.2 Å². The highest BCUT2D eigenvalue weighted by Gasteiger charge is 2.14. The van der Waals surface area contributed by atoms with E-state index in [2.05, 4.69) is 47.5 Å². The van der Waals surface area contributed by atoms with Gasteiger partial charge in [0.2, 0.25) is 0 Å². The van der Waals surface area contributed by atoms with Crippen molar-refractivity contribution in [3.05, 3.63) is 101 Å². The average molecular weight is 562 g/mol. The molecule has 41 heavy (non-hydrogen) atoms. The van der Waals surface area contributed by atoms with Crippen LogP contribution >= 0.6 is 0 Å². The van der Waals surface area contributed by atoms with Gasteiger partial charge in [0.25, 0.3) is 0 Å². The van der Waals surface area contributed by atoms with E-state index in [-0.39, 0.29) is 17.6 Å². The number of carbonyl (C=O) groups is 1. The number of carbonyl (C=O) groups excluding carboxylic acids is 1. The summed E-state index contributed by atoms with van der Waals surface area (Å²) in [7, 11) is 0. The van der Waals surface area contributed by atoms with Crippen LogP contribution in [0, 0.1) is 5.41 Å². The van der Waals surface area contributed by atoms with Gasteiger partial charge in [0.15, 0.2) is 0 Å². The molecule has 0 aromatic heterocycles. The van der Waals surface area contributed by atoms with Gasteiger partial charge in [0, 0.05) is 44.2 Å². The topological polar surface area (TPSA) is 138 Å². The molecule has 8 heteroatoms. The van der Waals surface area contributed by atoms with Gasteiger partial charge in [0.05, 0.1) is 6.61 Å². The molecule has 0 saturated carbocycles. The number of piperazine rings is 1. The van der Waals surface area contributed by atoms with Gasteiger partial charge >= 0.3 is 5.97 Å². The number of ether oxygens (including phenoxy) is 1. The second-order valence-corrected chi connectivity index (χ2v) is 10.1. The van der Waals surface area contributed by atoms with E-state index in [4.69, 9.17) is 21.6 Å². The van der Waals surface area contributed by atoms with Crippen LogP contribution in [0.5, 0.6) is 5.75 Å². The molecule has 1 atom stereocenters. The molecule has 222 valence electrons. The molecule has 0 radical (unpaired) electrons. The molecule has 1 heterocycles. The second-order valence-electron chi connectivity index (χ2n) is 10.1. The number of aromatic hydroxyl groups is 1. The number of esters is 1. The highest BCUT2D eigenvalue weighted by atomic mass is 16.5. The van der Waals surface area contributed by atoms with Gasteiger partial charge in [-0.2, -0.15) is 0 Å². The summed E-state index contributed by atoms with van der Waals surface area (Å²) in [5.74, 6) is 0.243.